The summed E-state index contributed by atoms with van der Waals surface area (Å²) >= 11 is 1.42. The Morgan fingerprint density at radius 2 is 2.00 bits per heavy atom. The molecule has 0 atom stereocenters. The molecule has 0 saturated heterocycles. The lowest BCUT2D eigenvalue weighted by molar-refractivity contribution is 0.474. The Hall–Kier alpha value is -2.40. The lowest BCUT2D eigenvalue weighted by Gasteiger charge is -2.05. The van der Waals surface area contributed by atoms with Crippen LogP contribution in [0.25, 0.3) is 10.8 Å². The number of hydrogen-bond donors (Lipinski definition) is 2. The molecule has 2 N–H and O–H groups in total. The van der Waals surface area contributed by atoms with Crippen molar-refractivity contribution < 1.29 is 10.2 Å². The van der Waals surface area contributed by atoms with Gasteiger partial charge in [0.05, 0.1) is 0 Å². The Morgan fingerprint density at radius 1 is 1.16 bits per heavy atom. The number of phenols is 2. The van der Waals surface area contributed by atoms with Crippen LogP contribution in [0.15, 0.2) is 46.9 Å². The fourth-order valence-electron chi connectivity index (χ4n) is 1.85. The molecule has 0 bridgehead atoms. The highest BCUT2D eigenvalue weighted by molar-refractivity contribution is 7.13. The Bertz CT molecular complexity index is 746. The number of aliphatic imine (C=N–C) groups is 1. The summed E-state index contributed by atoms with van der Waals surface area (Å²) in [4.78, 5) is 8.27. The third kappa shape index (κ3) is 2.28. The van der Waals surface area contributed by atoms with Crippen LogP contribution in [0.4, 0.5) is 5.13 Å². The zero-order valence-corrected chi connectivity index (χ0v) is 10.6. The average molecular weight is 270 g/mol. The van der Waals surface area contributed by atoms with Crippen molar-refractivity contribution in [1.82, 2.24) is 4.98 Å². The molecule has 3 aromatic rings. The zero-order valence-electron chi connectivity index (χ0n) is 9.82. The van der Waals surface area contributed by atoms with E-state index in [1.165, 1.54) is 11.3 Å². The molecular formula is C14H10N2O2S. The van der Waals surface area contributed by atoms with E-state index in [0.717, 1.165) is 10.8 Å². The predicted octanol–water partition coefficient (Wildman–Crippen LogP) is 3.46. The van der Waals surface area contributed by atoms with Gasteiger partial charge in [-0.3, -0.25) is 0 Å². The van der Waals surface area contributed by atoms with Gasteiger partial charge in [-0.15, -0.1) is 11.3 Å². The second-order valence-electron chi connectivity index (χ2n) is 3.98. The average Bonchev–Trinajstić information content (AvgIpc) is 2.91. The van der Waals surface area contributed by atoms with Crippen molar-refractivity contribution in [3.8, 4) is 11.5 Å². The number of aromatic nitrogens is 1. The molecule has 3 rings (SSSR count). The largest absolute Gasteiger partial charge is 0.508 e. The lowest BCUT2D eigenvalue weighted by atomic mass is 10.0. The number of thiazole rings is 1. The smallest absolute Gasteiger partial charge is 0.209 e. The number of nitrogens with zero attached hydrogens (tertiary/aromatic N) is 2. The third-order valence-corrected chi connectivity index (χ3v) is 3.43. The maximum Gasteiger partial charge on any atom is 0.209 e. The van der Waals surface area contributed by atoms with Crippen LogP contribution in [0.2, 0.25) is 0 Å². The van der Waals surface area contributed by atoms with Gasteiger partial charge >= 0.3 is 0 Å². The summed E-state index contributed by atoms with van der Waals surface area (Å²) in [5, 5.41) is 23.6. The van der Waals surface area contributed by atoms with Crippen LogP contribution in [0, 0.1) is 0 Å². The summed E-state index contributed by atoms with van der Waals surface area (Å²) in [7, 11) is 0. The van der Waals surface area contributed by atoms with Gasteiger partial charge in [0.25, 0.3) is 0 Å². The Balaban J connectivity index is 2.16. The highest BCUT2D eigenvalue weighted by Gasteiger charge is 2.06. The third-order valence-electron chi connectivity index (χ3n) is 2.75. The van der Waals surface area contributed by atoms with E-state index in [1.807, 2.05) is 5.38 Å². The van der Waals surface area contributed by atoms with Crippen LogP contribution in [-0.2, 0) is 0 Å². The SMILES string of the molecule is Oc1ccc2ccc(O)c(/C=N/c3nccs3)c2c1. The number of rotatable bonds is 2. The number of aromatic hydroxyl groups is 2. The minimum Gasteiger partial charge on any atom is -0.508 e. The van der Waals surface area contributed by atoms with Crippen LogP contribution in [0.5, 0.6) is 11.5 Å². The second kappa shape index (κ2) is 4.70. The summed E-state index contributed by atoms with van der Waals surface area (Å²) in [5.74, 6) is 0.278. The summed E-state index contributed by atoms with van der Waals surface area (Å²) in [6, 6.07) is 8.43. The summed E-state index contributed by atoms with van der Waals surface area (Å²) < 4.78 is 0. The molecule has 1 heterocycles. The molecule has 0 unspecified atom stereocenters. The molecule has 2 aromatic carbocycles. The van der Waals surface area contributed by atoms with Crippen molar-refractivity contribution in [2.75, 3.05) is 0 Å². The zero-order chi connectivity index (χ0) is 13.2. The van der Waals surface area contributed by atoms with Crippen LogP contribution in [0.3, 0.4) is 0 Å². The minimum absolute atomic E-state index is 0.124. The number of hydrogen-bond acceptors (Lipinski definition) is 5. The highest BCUT2D eigenvalue weighted by Crippen LogP contribution is 2.29. The standard InChI is InChI=1S/C14H10N2O2S/c17-10-3-1-9-2-4-13(18)12(11(9)7-10)8-16-14-15-5-6-19-14/h1-8,17-18H/b16-8+. The first-order valence-electron chi connectivity index (χ1n) is 5.62. The van der Waals surface area contributed by atoms with Crippen LogP contribution in [0.1, 0.15) is 5.56 Å². The van der Waals surface area contributed by atoms with E-state index >= 15 is 0 Å². The summed E-state index contributed by atoms with van der Waals surface area (Å²) in [5.41, 5.74) is 0.573. The number of benzene rings is 2. The van der Waals surface area contributed by atoms with Gasteiger partial charge in [-0.25, -0.2) is 9.98 Å². The number of fused-ring (bicyclic) bond motifs is 1. The maximum atomic E-state index is 9.94. The van der Waals surface area contributed by atoms with E-state index in [2.05, 4.69) is 9.98 Å². The molecule has 4 nitrogen and oxygen atoms in total. The van der Waals surface area contributed by atoms with Crippen molar-refractivity contribution >= 4 is 33.5 Å². The van der Waals surface area contributed by atoms with E-state index < -0.39 is 0 Å². The molecule has 0 aliphatic carbocycles. The van der Waals surface area contributed by atoms with E-state index in [0.29, 0.717) is 10.7 Å². The molecule has 0 aliphatic rings. The van der Waals surface area contributed by atoms with Crippen molar-refractivity contribution in [3.05, 3.63) is 47.5 Å². The van der Waals surface area contributed by atoms with Crippen LogP contribution < -0.4 is 0 Å². The van der Waals surface area contributed by atoms with Crippen LogP contribution >= 0.6 is 11.3 Å². The molecule has 0 radical (unpaired) electrons. The van der Waals surface area contributed by atoms with Crippen molar-refractivity contribution in [3.63, 3.8) is 0 Å². The van der Waals surface area contributed by atoms with Gasteiger partial charge in [0.15, 0.2) is 0 Å². The molecule has 0 aliphatic heterocycles. The first-order valence-corrected chi connectivity index (χ1v) is 6.50. The first kappa shape index (κ1) is 11.7. The van der Waals surface area contributed by atoms with Gasteiger partial charge in [-0.1, -0.05) is 12.1 Å². The normalized spacial score (nSPS) is 11.4. The molecule has 0 amide bonds. The molecule has 0 saturated carbocycles. The molecule has 0 fully saturated rings. The monoisotopic (exact) mass is 270 g/mol. The van der Waals surface area contributed by atoms with E-state index in [4.69, 9.17) is 0 Å². The Morgan fingerprint density at radius 3 is 2.79 bits per heavy atom. The highest BCUT2D eigenvalue weighted by atomic mass is 32.1. The fourth-order valence-corrected chi connectivity index (χ4v) is 2.33. The molecule has 1 aromatic heterocycles. The quantitative estimate of drug-likeness (QED) is 0.701. The second-order valence-corrected chi connectivity index (χ2v) is 4.85. The molecular weight excluding hydrogens is 260 g/mol. The van der Waals surface area contributed by atoms with E-state index in [9.17, 15) is 10.2 Å². The molecule has 0 spiro atoms. The molecule has 94 valence electrons. The van der Waals surface area contributed by atoms with Gasteiger partial charge in [-0.05, 0) is 29.0 Å². The summed E-state index contributed by atoms with van der Waals surface area (Å²) in [6.07, 6.45) is 3.24. The van der Waals surface area contributed by atoms with Gasteiger partial charge in [0.1, 0.15) is 11.5 Å². The van der Waals surface area contributed by atoms with E-state index in [-0.39, 0.29) is 11.5 Å². The van der Waals surface area contributed by atoms with Crippen LogP contribution in [-0.4, -0.2) is 21.4 Å². The number of phenolic OH excluding ortho intramolecular Hbond substituents is 2. The fraction of sp³-hybridized carbons (Fsp3) is 0. The van der Waals surface area contributed by atoms with Crippen molar-refractivity contribution in [2.45, 2.75) is 0 Å². The summed E-state index contributed by atoms with van der Waals surface area (Å²) in [6.45, 7) is 0. The lowest BCUT2D eigenvalue weighted by Crippen LogP contribution is -1.86. The minimum atomic E-state index is 0.124. The molecule has 19 heavy (non-hydrogen) atoms. The van der Waals surface area contributed by atoms with Gasteiger partial charge in [-0.2, -0.15) is 0 Å². The maximum absolute atomic E-state index is 9.94. The Labute approximate surface area is 113 Å². The topological polar surface area (TPSA) is 65.7 Å². The van der Waals surface area contributed by atoms with Crippen molar-refractivity contribution in [1.29, 1.82) is 0 Å². The Kier molecular flexibility index (Phi) is 2.89. The molecule has 5 heteroatoms. The van der Waals surface area contributed by atoms with Gasteiger partial charge in [0, 0.05) is 23.4 Å². The van der Waals surface area contributed by atoms with E-state index in [1.54, 1.807) is 42.7 Å². The van der Waals surface area contributed by atoms with Gasteiger partial charge < -0.3 is 10.2 Å². The van der Waals surface area contributed by atoms with Crippen molar-refractivity contribution in [2.24, 2.45) is 4.99 Å². The van der Waals surface area contributed by atoms with Gasteiger partial charge in [0.2, 0.25) is 5.13 Å². The first-order chi connectivity index (χ1) is 9.24. The predicted molar refractivity (Wildman–Crippen MR) is 76.6 cm³/mol.